The minimum Gasteiger partial charge on any atom is -0.490 e. The maximum absolute atomic E-state index is 12.9. The highest BCUT2D eigenvalue weighted by molar-refractivity contribution is 9.10. The molecule has 0 saturated heterocycles. The molecule has 0 radical (unpaired) electrons. The highest BCUT2D eigenvalue weighted by atomic mass is 79.9. The fraction of sp³-hybridized carbons (Fsp3) is 0.160. The van der Waals surface area contributed by atoms with Crippen molar-refractivity contribution < 1.29 is 18.3 Å². The van der Waals surface area contributed by atoms with E-state index in [1.807, 2.05) is 48.5 Å². The number of ether oxygens (including phenoxy) is 2. The number of rotatable bonds is 6. The van der Waals surface area contributed by atoms with E-state index in [-0.39, 0.29) is 17.5 Å². The summed E-state index contributed by atoms with van der Waals surface area (Å²) in [5.41, 5.74) is 4.59. The van der Waals surface area contributed by atoms with Crippen molar-refractivity contribution in [2.24, 2.45) is 0 Å². The lowest BCUT2D eigenvalue weighted by molar-refractivity contribution is -0.0514. The third-order valence-corrected chi connectivity index (χ3v) is 5.95. The van der Waals surface area contributed by atoms with Crippen LogP contribution in [0.4, 0.5) is 14.7 Å². The van der Waals surface area contributed by atoms with E-state index in [0.717, 1.165) is 32.3 Å². The van der Waals surface area contributed by atoms with Gasteiger partial charge in [0.2, 0.25) is 5.95 Å². The van der Waals surface area contributed by atoms with Gasteiger partial charge in [0.25, 0.3) is 0 Å². The minimum atomic E-state index is -2.93. The number of imidazole rings is 1. The number of fused-ring (bicyclic) bond motifs is 3. The molecule has 8 heteroatoms. The first-order valence-corrected chi connectivity index (χ1v) is 11.3. The maximum atomic E-state index is 12.9. The molecule has 5 nitrogen and oxygen atoms in total. The molecule has 0 fully saturated rings. The Balaban J connectivity index is 1.66. The third kappa shape index (κ3) is 4.18. The van der Waals surface area contributed by atoms with E-state index in [1.165, 1.54) is 6.07 Å². The summed E-state index contributed by atoms with van der Waals surface area (Å²) in [5.74, 6) is 0.989. The second-order valence-electron chi connectivity index (χ2n) is 7.47. The van der Waals surface area contributed by atoms with Crippen LogP contribution < -0.4 is 14.8 Å². The number of anilines is 1. The van der Waals surface area contributed by atoms with Gasteiger partial charge in [-0.2, -0.15) is 8.78 Å². The number of hydrogen-bond donors (Lipinski definition) is 1. The van der Waals surface area contributed by atoms with E-state index in [2.05, 4.69) is 36.6 Å². The number of aromatic nitrogens is 2. The van der Waals surface area contributed by atoms with Gasteiger partial charge in [-0.1, -0.05) is 46.3 Å². The molecule has 0 unspecified atom stereocenters. The smallest absolute Gasteiger partial charge is 0.387 e. The lowest BCUT2D eigenvalue weighted by Gasteiger charge is -2.27. The van der Waals surface area contributed by atoms with Crippen molar-refractivity contribution in [3.05, 3.63) is 88.4 Å². The van der Waals surface area contributed by atoms with Gasteiger partial charge in [-0.15, -0.1) is 0 Å². The van der Waals surface area contributed by atoms with Crippen LogP contribution in [0, 0.1) is 0 Å². The van der Waals surface area contributed by atoms with Crippen molar-refractivity contribution in [1.82, 2.24) is 9.55 Å². The van der Waals surface area contributed by atoms with Gasteiger partial charge in [0.05, 0.1) is 23.7 Å². The lowest BCUT2D eigenvalue weighted by Crippen LogP contribution is -2.19. The summed E-state index contributed by atoms with van der Waals surface area (Å²) in [4.78, 5) is 4.78. The van der Waals surface area contributed by atoms with Gasteiger partial charge in [0, 0.05) is 10.2 Å². The quantitative estimate of drug-likeness (QED) is 0.307. The van der Waals surface area contributed by atoms with Gasteiger partial charge in [-0.3, -0.25) is 4.57 Å². The SMILES string of the molecule is CCOc1cc([C@@H]2C=C(c3ccc(Br)cc3)Nc3nc4ccccc4n32)ccc1OC(F)F. The number of halogens is 3. The normalized spacial score (nSPS) is 15.2. The molecule has 2 heterocycles. The molecule has 1 aromatic heterocycles. The molecule has 0 bridgehead atoms. The fourth-order valence-electron chi connectivity index (χ4n) is 4.02. The Bertz CT molecular complexity index is 1340. The van der Waals surface area contributed by atoms with Crippen LogP contribution in [0.15, 0.2) is 77.3 Å². The Morgan fingerprint density at radius 1 is 1.06 bits per heavy atom. The molecule has 1 atom stereocenters. The summed E-state index contributed by atoms with van der Waals surface area (Å²) in [5, 5.41) is 3.44. The number of alkyl halides is 2. The van der Waals surface area contributed by atoms with Crippen LogP contribution in [0.25, 0.3) is 16.7 Å². The van der Waals surface area contributed by atoms with E-state index < -0.39 is 6.61 Å². The molecule has 1 N–H and O–H groups in total. The predicted molar refractivity (Wildman–Crippen MR) is 128 cm³/mol. The summed E-state index contributed by atoms with van der Waals surface area (Å²) in [6.45, 7) is -0.799. The first kappa shape index (κ1) is 21.5. The van der Waals surface area contributed by atoms with Gasteiger partial charge in [0.1, 0.15) is 0 Å². The molecule has 168 valence electrons. The van der Waals surface area contributed by atoms with Crippen LogP contribution in [0.3, 0.4) is 0 Å². The average molecular weight is 512 g/mol. The number of hydrogen-bond acceptors (Lipinski definition) is 4. The van der Waals surface area contributed by atoms with E-state index in [0.29, 0.717) is 12.6 Å². The highest BCUT2D eigenvalue weighted by Crippen LogP contribution is 2.40. The maximum Gasteiger partial charge on any atom is 0.387 e. The summed E-state index contributed by atoms with van der Waals surface area (Å²) < 4.78 is 39.1. The zero-order valence-electron chi connectivity index (χ0n) is 17.6. The fourth-order valence-corrected chi connectivity index (χ4v) is 4.29. The van der Waals surface area contributed by atoms with Gasteiger partial charge in [0.15, 0.2) is 11.5 Å². The standard InChI is InChI=1S/C25H20BrF2N3O2/c1-2-32-23-13-16(9-12-22(23)33-24(27)28)21-14-19(15-7-10-17(26)11-8-15)30-25-29-18-5-3-4-6-20(18)31(21)25/h3-14,21,24H,2H2,1H3,(H,29,30)/t21-/m0/s1. The van der Waals surface area contributed by atoms with Crippen molar-refractivity contribution >= 4 is 38.6 Å². The summed E-state index contributed by atoms with van der Waals surface area (Å²) in [6.07, 6.45) is 2.10. The number of nitrogens with zero attached hydrogens (tertiary/aromatic N) is 2. The molecule has 0 spiro atoms. The number of benzene rings is 3. The second-order valence-corrected chi connectivity index (χ2v) is 8.38. The largest absolute Gasteiger partial charge is 0.490 e. The van der Waals surface area contributed by atoms with E-state index in [1.54, 1.807) is 19.1 Å². The monoisotopic (exact) mass is 511 g/mol. The zero-order valence-corrected chi connectivity index (χ0v) is 19.2. The minimum absolute atomic E-state index is 0.0114. The van der Waals surface area contributed by atoms with Crippen LogP contribution in [0.2, 0.25) is 0 Å². The first-order chi connectivity index (χ1) is 16.0. The molecule has 0 saturated carbocycles. The van der Waals surface area contributed by atoms with Crippen LogP contribution in [-0.2, 0) is 0 Å². The number of para-hydroxylation sites is 2. The number of nitrogens with one attached hydrogen (secondary N) is 1. The van der Waals surface area contributed by atoms with E-state index in [9.17, 15) is 8.78 Å². The molecule has 0 amide bonds. The molecule has 4 aromatic rings. The van der Waals surface area contributed by atoms with E-state index >= 15 is 0 Å². The van der Waals surface area contributed by atoms with Gasteiger partial charge >= 0.3 is 6.61 Å². The molecular formula is C25H20BrF2N3O2. The molecule has 33 heavy (non-hydrogen) atoms. The number of allylic oxidation sites excluding steroid dienone is 1. The zero-order chi connectivity index (χ0) is 22.9. The van der Waals surface area contributed by atoms with Crippen molar-refractivity contribution in [1.29, 1.82) is 0 Å². The van der Waals surface area contributed by atoms with E-state index in [4.69, 9.17) is 9.72 Å². The lowest BCUT2D eigenvalue weighted by atomic mass is 10.0. The average Bonchev–Trinajstić information content (AvgIpc) is 3.18. The Hall–Kier alpha value is -3.39. The predicted octanol–water partition coefficient (Wildman–Crippen LogP) is 6.85. The third-order valence-electron chi connectivity index (χ3n) is 5.43. The van der Waals surface area contributed by atoms with Crippen molar-refractivity contribution in [3.8, 4) is 11.5 Å². The summed E-state index contributed by atoms with van der Waals surface area (Å²) >= 11 is 3.48. The van der Waals surface area contributed by atoms with Crippen molar-refractivity contribution in [2.45, 2.75) is 19.6 Å². The Morgan fingerprint density at radius 2 is 1.85 bits per heavy atom. The molecule has 1 aliphatic heterocycles. The van der Waals surface area contributed by atoms with Crippen molar-refractivity contribution in [2.75, 3.05) is 11.9 Å². The molecule has 5 rings (SSSR count). The van der Waals surface area contributed by atoms with Gasteiger partial charge < -0.3 is 14.8 Å². The molecule has 1 aliphatic rings. The summed E-state index contributed by atoms with van der Waals surface area (Å²) in [6, 6.07) is 20.7. The van der Waals surface area contributed by atoms with Gasteiger partial charge in [-0.05, 0) is 60.5 Å². The van der Waals surface area contributed by atoms with Crippen LogP contribution >= 0.6 is 15.9 Å². The van der Waals surface area contributed by atoms with Crippen LogP contribution in [0.1, 0.15) is 24.1 Å². The van der Waals surface area contributed by atoms with Crippen LogP contribution in [-0.4, -0.2) is 22.8 Å². The molecule has 3 aromatic carbocycles. The van der Waals surface area contributed by atoms with Gasteiger partial charge in [-0.25, -0.2) is 4.98 Å². The first-order valence-electron chi connectivity index (χ1n) is 10.5. The Morgan fingerprint density at radius 3 is 2.61 bits per heavy atom. The van der Waals surface area contributed by atoms with Crippen LogP contribution in [0.5, 0.6) is 11.5 Å². The highest BCUT2D eigenvalue weighted by Gasteiger charge is 2.26. The summed E-state index contributed by atoms with van der Waals surface area (Å²) in [7, 11) is 0. The molecule has 0 aliphatic carbocycles. The van der Waals surface area contributed by atoms with Crippen molar-refractivity contribution in [3.63, 3.8) is 0 Å². The Kier molecular flexibility index (Phi) is 5.76. The Labute approximate surface area is 197 Å². The molecular weight excluding hydrogens is 492 g/mol. The topological polar surface area (TPSA) is 48.3 Å². The second kappa shape index (κ2) is 8.86.